The van der Waals surface area contributed by atoms with Crippen LogP contribution < -0.4 is 0 Å². The lowest BCUT2D eigenvalue weighted by Crippen LogP contribution is -1.92. The number of rotatable bonds is 4. The summed E-state index contributed by atoms with van der Waals surface area (Å²) >= 11 is 1.47. The fraction of sp³-hybridized carbons (Fsp3) is 0.0952. The number of para-hydroxylation sites is 1. The van der Waals surface area contributed by atoms with Crippen molar-refractivity contribution >= 4 is 45.0 Å². The number of nitrogens with zero attached hydrogens (tertiary/aromatic N) is 1. The van der Waals surface area contributed by atoms with Crippen LogP contribution in [0.1, 0.15) is 22.2 Å². The van der Waals surface area contributed by atoms with Crippen LogP contribution in [0.3, 0.4) is 0 Å². The van der Waals surface area contributed by atoms with E-state index in [0.717, 1.165) is 17.0 Å². The number of fused-ring (bicyclic) bond motifs is 3. The molecular weight excluding hydrogens is 314 g/mol. The van der Waals surface area contributed by atoms with Crippen molar-refractivity contribution in [2.45, 2.75) is 13.5 Å². The molecule has 0 aliphatic carbocycles. The average molecular weight is 331 g/mol. The van der Waals surface area contributed by atoms with Crippen molar-refractivity contribution in [3.05, 3.63) is 76.5 Å². The van der Waals surface area contributed by atoms with Gasteiger partial charge >= 0.3 is 0 Å². The number of carbonyl (C=O) groups excluding carboxylic acids is 1. The molecule has 0 fully saturated rings. The Hall–Kier alpha value is -2.65. The summed E-state index contributed by atoms with van der Waals surface area (Å²) in [6.45, 7) is 3.11. The van der Waals surface area contributed by atoms with Gasteiger partial charge in [0.1, 0.15) is 0 Å². The summed E-state index contributed by atoms with van der Waals surface area (Å²) in [5.74, 6) is 0.0566. The Morgan fingerprint density at radius 2 is 1.88 bits per heavy atom. The molecule has 0 N–H and O–H groups in total. The number of benzene rings is 2. The lowest BCUT2D eigenvalue weighted by molar-refractivity contribution is 0.105. The molecule has 0 radical (unpaired) electrons. The van der Waals surface area contributed by atoms with Crippen LogP contribution >= 0.6 is 11.3 Å². The van der Waals surface area contributed by atoms with E-state index in [4.69, 9.17) is 0 Å². The predicted octanol–water partition coefficient (Wildman–Crippen LogP) is 5.77. The van der Waals surface area contributed by atoms with Gasteiger partial charge in [0.05, 0.1) is 4.88 Å². The summed E-state index contributed by atoms with van der Waals surface area (Å²) in [6, 6.07) is 18.6. The molecule has 0 aliphatic rings. The van der Waals surface area contributed by atoms with Crippen LogP contribution in [0, 0.1) is 0 Å². The second-order valence-electron chi connectivity index (χ2n) is 5.71. The van der Waals surface area contributed by atoms with Crippen molar-refractivity contribution in [1.29, 1.82) is 0 Å². The molecule has 0 aliphatic heterocycles. The van der Waals surface area contributed by atoms with Gasteiger partial charge < -0.3 is 4.57 Å². The van der Waals surface area contributed by atoms with E-state index in [9.17, 15) is 4.79 Å². The summed E-state index contributed by atoms with van der Waals surface area (Å²) in [6.07, 6.45) is 3.56. The second kappa shape index (κ2) is 6.10. The highest BCUT2D eigenvalue weighted by Gasteiger charge is 2.09. The average Bonchev–Trinajstić information content (AvgIpc) is 3.25. The third-order valence-corrected chi connectivity index (χ3v) is 5.19. The van der Waals surface area contributed by atoms with Crippen LogP contribution in [0.4, 0.5) is 0 Å². The quantitative estimate of drug-likeness (QED) is 0.343. The zero-order chi connectivity index (χ0) is 16.5. The van der Waals surface area contributed by atoms with Crippen molar-refractivity contribution in [2.24, 2.45) is 0 Å². The molecule has 3 heteroatoms. The minimum absolute atomic E-state index is 0.0566. The van der Waals surface area contributed by atoms with Gasteiger partial charge in [-0.15, -0.1) is 11.3 Å². The van der Waals surface area contributed by atoms with Gasteiger partial charge in [-0.3, -0.25) is 4.79 Å². The fourth-order valence-electron chi connectivity index (χ4n) is 3.19. The molecule has 24 heavy (non-hydrogen) atoms. The van der Waals surface area contributed by atoms with E-state index in [1.165, 1.54) is 33.1 Å². The number of hydrogen-bond acceptors (Lipinski definition) is 2. The molecule has 0 unspecified atom stereocenters. The highest BCUT2D eigenvalue weighted by molar-refractivity contribution is 7.12. The topological polar surface area (TPSA) is 22.0 Å². The Morgan fingerprint density at radius 3 is 2.67 bits per heavy atom. The number of hydrogen-bond donors (Lipinski definition) is 0. The minimum Gasteiger partial charge on any atom is -0.341 e. The number of carbonyl (C=O) groups is 1. The fourth-order valence-corrected chi connectivity index (χ4v) is 3.83. The van der Waals surface area contributed by atoms with Gasteiger partial charge in [0.2, 0.25) is 0 Å². The van der Waals surface area contributed by atoms with Gasteiger partial charge in [0.15, 0.2) is 5.78 Å². The van der Waals surface area contributed by atoms with Gasteiger partial charge in [-0.1, -0.05) is 36.4 Å². The van der Waals surface area contributed by atoms with Crippen molar-refractivity contribution < 1.29 is 4.79 Å². The summed E-state index contributed by atoms with van der Waals surface area (Å²) < 4.78 is 2.33. The third-order valence-electron chi connectivity index (χ3n) is 4.30. The molecule has 0 amide bonds. The van der Waals surface area contributed by atoms with Gasteiger partial charge in [-0.2, -0.15) is 0 Å². The van der Waals surface area contributed by atoms with Gasteiger partial charge in [0, 0.05) is 28.4 Å². The molecule has 2 aromatic heterocycles. The first kappa shape index (κ1) is 14.9. The maximum absolute atomic E-state index is 12.1. The number of aromatic nitrogens is 1. The van der Waals surface area contributed by atoms with Gasteiger partial charge in [0.25, 0.3) is 0 Å². The summed E-state index contributed by atoms with van der Waals surface area (Å²) in [4.78, 5) is 12.9. The summed E-state index contributed by atoms with van der Waals surface area (Å²) in [5.41, 5.74) is 3.54. The molecule has 2 aromatic carbocycles. The van der Waals surface area contributed by atoms with E-state index in [1.807, 2.05) is 23.6 Å². The van der Waals surface area contributed by atoms with Crippen LogP contribution in [-0.4, -0.2) is 10.4 Å². The second-order valence-corrected chi connectivity index (χ2v) is 6.66. The molecular formula is C21H17NOS. The van der Waals surface area contributed by atoms with Crippen molar-refractivity contribution in [2.75, 3.05) is 0 Å². The number of ketones is 1. The van der Waals surface area contributed by atoms with Gasteiger partial charge in [-0.05, 0) is 48.2 Å². The zero-order valence-electron chi connectivity index (χ0n) is 13.4. The summed E-state index contributed by atoms with van der Waals surface area (Å²) in [7, 11) is 0. The molecule has 0 bridgehead atoms. The smallest absolute Gasteiger partial charge is 0.195 e. The molecule has 2 nitrogen and oxygen atoms in total. The minimum atomic E-state index is 0.0566. The molecule has 0 atom stereocenters. The van der Waals surface area contributed by atoms with Crippen LogP contribution in [0.5, 0.6) is 0 Å². The van der Waals surface area contributed by atoms with E-state index in [2.05, 4.69) is 54.0 Å². The largest absolute Gasteiger partial charge is 0.341 e. The molecule has 4 aromatic rings. The lowest BCUT2D eigenvalue weighted by atomic mass is 10.1. The Kier molecular flexibility index (Phi) is 3.79. The van der Waals surface area contributed by atoms with Crippen LogP contribution in [0.15, 0.2) is 66.1 Å². The van der Waals surface area contributed by atoms with Crippen molar-refractivity contribution in [3.63, 3.8) is 0 Å². The zero-order valence-corrected chi connectivity index (χ0v) is 14.2. The summed E-state index contributed by atoms with van der Waals surface area (Å²) in [5, 5.41) is 4.42. The number of allylic oxidation sites excluding steroid dienone is 1. The Morgan fingerprint density at radius 1 is 1.04 bits per heavy atom. The number of thiophene rings is 1. The Labute approximate surface area is 144 Å². The van der Waals surface area contributed by atoms with E-state index in [1.54, 1.807) is 6.08 Å². The molecule has 0 saturated heterocycles. The Balaban J connectivity index is 1.78. The van der Waals surface area contributed by atoms with E-state index >= 15 is 0 Å². The lowest BCUT2D eigenvalue weighted by Gasteiger charge is -2.02. The predicted molar refractivity (Wildman–Crippen MR) is 103 cm³/mol. The normalized spacial score (nSPS) is 11.7. The molecule has 2 heterocycles. The molecule has 0 saturated carbocycles. The monoisotopic (exact) mass is 331 g/mol. The maximum Gasteiger partial charge on any atom is 0.195 e. The number of aryl methyl sites for hydroxylation is 1. The maximum atomic E-state index is 12.1. The first-order chi connectivity index (χ1) is 11.8. The van der Waals surface area contributed by atoms with E-state index < -0.39 is 0 Å². The van der Waals surface area contributed by atoms with E-state index in [-0.39, 0.29) is 5.78 Å². The van der Waals surface area contributed by atoms with Crippen LogP contribution in [0.2, 0.25) is 0 Å². The molecule has 4 rings (SSSR count). The van der Waals surface area contributed by atoms with Crippen LogP contribution in [-0.2, 0) is 6.54 Å². The highest BCUT2D eigenvalue weighted by atomic mass is 32.1. The van der Waals surface area contributed by atoms with Crippen molar-refractivity contribution in [3.8, 4) is 0 Å². The molecule has 118 valence electrons. The van der Waals surface area contributed by atoms with Gasteiger partial charge in [-0.25, -0.2) is 0 Å². The first-order valence-electron chi connectivity index (χ1n) is 8.05. The highest BCUT2D eigenvalue weighted by Crippen LogP contribution is 2.30. The van der Waals surface area contributed by atoms with Crippen LogP contribution in [0.25, 0.3) is 27.9 Å². The van der Waals surface area contributed by atoms with E-state index in [0.29, 0.717) is 0 Å². The Bertz CT molecular complexity index is 1050. The SMILES string of the molecule is CCn1c2ccccc2c2cc(C=CC(=O)c3cccs3)ccc21. The van der Waals surface area contributed by atoms with Crippen molar-refractivity contribution in [1.82, 2.24) is 4.57 Å². The molecule has 0 spiro atoms. The third kappa shape index (κ3) is 2.47. The standard InChI is InChI=1S/C21H17NOS/c1-2-22-18-7-4-3-6-16(18)17-14-15(9-11-19(17)22)10-12-20(23)21-8-5-13-24-21/h3-14H,2H2,1H3. The first-order valence-corrected chi connectivity index (χ1v) is 8.93.